The van der Waals surface area contributed by atoms with Gasteiger partial charge in [0.25, 0.3) is 10.1 Å². The Morgan fingerprint density at radius 2 is 0.972 bits per heavy atom. The molecule has 0 rings (SSSR count). The Hall–Kier alpha value is -0.830. The maximum Gasteiger partial charge on any atom is 0.426 e. The van der Waals surface area contributed by atoms with Gasteiger partial charge in [-0.25, -0.2) is 0 Å². The molecule has 0 amide bonds. The maximum absolute atomic E-state index is 12.7. The highest BCUT2D eigenvalue weighted by Gasteiger charge is 2.45. The first-order valence-electron chi connectivity index (χ1n) is 14.3. The Labute approximate surface area is 218 Å². The number of unbranched alkanes of at least 4 members (excludes halogenated alkanes) is 20. The second-order valence-electron chi connectivity index (χ2n) is 10.1. The Balaban J connectivity index is 3.45. The molecular formula is C27H51F3O5S. The lowest BCUT2D eigenvalue weighted by atomic mass is 10.0. The van der Waals surface area contributed by atoms with E-state index in [-0.39, 0.29) is 6.42 Å². The van der Waals surface area contributed by atoms with Crippen LogP contribution in [0.3, 0.4) is 0 Å². The van der Waals surface area contributed by atoms with Crippen molar-refractivity contribution in [2.45, 2.75) is 160 Å². The molecular weight excluding hydrogens is 493 g/mol. The Bertz CT molecular complexity index is 623. The van der Waals surface area contributed by atoms with Crippen LogP contribution in [0, 0.1) is 0 Å². The van der Waals surface area contributed by atoms with Crippen LogP contribution < -0.4 is 0 Å². The largest absolute Gasteiger partial charge is 0.451 e. The average Bonchev–Trinajstić information content (AvgIpc) is 2.78. The number of ether oxygens (including phenoxy) is 1. The number of rotatable bonds is 25. The second kappa shape index (κ2) is 22.2. The molecule has 0 saturated heterocycles. The molecule has 1 unspecified atom stereocenters. The van der Waals surface area contributed by atoms with E-state index in [1.54, 1.807) is 0 Å². The molecule has 216 valence electrons. The van der Waals surface area contributed by atoms with Crippen molar-refractivity contribution in [3.8, 4) is 0 Å². The highest BCUT2D eigenvalue weighted by Crippen LogP contribution is 2.25. The number of hydrogen-bond donors (Lipinski definition) is 1. The van der Waals surface area contributed by atoms with Gasteiger partial charge in [0.2, 0.25) is 6.10 Å². The number of hydrogen-bond acceptors (Lipinski definition) is 4. The molecule has 0 saturated carbocycles. The molecule has 5 nitrogen and oxygen atoms in total. The Morgan fingerprint density at radius 1 is 0.667 bits per heavy atom. The van der Waals surface area contributed by atoms with Gasteiger partial charge in [-0.15, -0.1) is 0 Å². The summed E-state index contributed by atoms with van der Waals surface area (Å²) in [5.74, 6) is -2.78. The van der Waals surface area contributed by atoms with Gasteiger partial charge in [-0.1, -0.05) is 135 Å². The van der Waals surface area contributed by atoms with E-state index < -0.39 is 34.1 Å². The molecule has 0 spiro atoms. The number of alkyl halides is 3. The molecule has 0 radical (unpaired) electrons. The molecule has 0 bridgehead atoms. The molecule has 0 aromatic rings. The molecule has 0 aliphatic rings. The van der Waals surface area contributed by atoms with Gasteiger partial charge in [-0.2, -0.15) is 21.6 Å². The zero-order chi connectivity index (χ0) is 27.1. The van der Waals surface area contributed by atoms with Gasteiger partial charge in [0.05, 0.1) is 0 Å². The summed E-state index contributed by atoms with van der Waals surface area (Å²) in [6.45, 7) is 2.26. The first kappa shape index (κ1) is 35.2. The standard InChI is InChI=1S/C27H51F3O5S/c1-2-3-4-5-6-7-8-9-10-11-12-13-14-15-16-17-18-19-20-21-22-23-26(31)35-25(27(28,29)30)24-36(32,33)34/h25H,2-24H2,1H3,(H,32,33,34). The van der Waals surface area contributed by atoms with Gasteiger partial charge in [-0.3, -0.25) is 9.35 Å². The van der Waals surface area contributed by atoms with Gasteiger partial charge in [0.1, 0.15) is 5.75 Å². The van der Waals surface area contributed by atoms with Crippen LogP contribution in [0.25, 0.3) is 0 Å². The van der Waals surface area contributed by atoms with E-state index in [0.717, 1.165) is 19.3 Å². The number of halogens is 3. The van der Waals surface area contributed by atoms with Crippen molar-refractivity contribution in [1.29, 1.82) is 0 Å². The van der Waals surface area contributed by atoms with Crippen molar-refractivity contribution < 1.29 is 35.7 Å². The van der Waals surface area contributed by atoms with Gasteiger partial charge >= 0.3 is 12.1 Å². The van der Waals surface area contributed by atoms with Gasteiger partial charge in [0, 0.05) is 6.42 Å². The zero-order valence-corrected chi connectivity index (χ0v) is 23.3. The molecule has 0 aliphatic heterocycles. The van der Waals surface area contributed by atoms with Crippen molar-refractivity contribution in [3.63, 3.8) is 0 Å². The first-order chi connectivity index (χ1) is 17.1. The normalized spacial score (nSPS) is 13.1. The molecule has 0 aromatic heterocycles. The quantitative estimate of drug-likeness (QED) is 0.0705. The molecule has 9 heteroatoms. The van der Waals surface area contributed by atoms with Gasteiger partial charge < -0.3 is 4.74 Å². The fourth-order valence-electron chi connectivity index (χ4n) is 4.31. The average molecular weight is 545 g/mol. The van der Waals surface area contributed by atoms with Crippen LogP contribution in [0.4, 0.5) is 13.2 Å². The minimum absolute atomic E-state index is 0.197. The lowest BCUT2D eigenvalue weighted by molar-refractivity contribution is -0.215. The second-order valence-corrected chi connectivity index (χ2v) is 11.6. The monoisotopic (exact) mass is 544 g/mol. The molecule has 0 aromatic carbocycles. The molecule has 36 heavy (non-hydrogen) atoms. The Kier molecular flexibility index (Phi) is 21.7. The van der Waals surface area contributed by atoms with Crippen LogP contribution in [-0.4, -0.2) is 37.0 Å². The van der Waals surface area contributed by atoms with Crippen LogP contribution >= 0.6 is 0 Å². The van der Waals surface area contributed by atoms with Crippen LogP contribution in [0.1, 0.15) is 148 Å². The van der Waals surface area contributed by atoms with Crippen molar-refractivity contribution in [1.82, 2.24) is 0 Å². The summed E-state index contributed by atoms with van der Waals surface area (Å²) < 4.78 is 72.4. The lowest BCUT2D eigenvalue weighted by Crippen LogP contribution is -2.39. The SMILES string of the molecule is CCCCCCCCCCCCCCCCCCCCCCCC(=O)OC(CS(=O)(=O)O)C(F)(F)F. The third kappa shape index (κ3) is 24.8. The number of carbonyl (C=O) groups excluding carboxylic acids is 1. The third-order valence-corrected chi connectivity index (χ3v) is 7.21. The van der Waals surface area contributed by atoms with Crippen LogP contribution in [0.5, 0.6) is 0 Å². The number of carbonyl (C=O) groups is 1. The summed E-state index contributed by atoms with van der Waals surface area (Å²) in [5.41, 5.74) is 0. The van der Waals surface area contributed by atoms with E-state index in [9.17, 15) is 26.4 Å². The molecule has 0 fully saturated rings. The van der Waals surface area contributed by atoms with E-state index in [1.807, 2.05) is 0 Å². The van der Waals surface area contributed by atoms with Crippen LogP contribution in [-0.2, 0) is 19.6 Å². The van der Waals surface area contributed by atoms with Crippen LogP contribution in [0.15, 0.2) is 0 Å². The van der Waals surface area contributed by atoms with E-state index in [4.69, 9.17) is 4.55 Å². The van der Waals surface area contributed by atoms with Crippen molar-refractivity contribution >= 4 is 16.1 Å². The van der Waals surface area contributed by atoms with Crippen molar-refractivity contribution in [3.05, 3.63) is 0 Å². The van der Waals surface area contributed by atoms with E-state index in [0.29, 0.717) is 12.8 Å². The van der Waals surface area contributed by atoms with Gasteiger partial charge in [0.15, 0.2) is 0 Å². The summed E-state index contributed by atoms with van der Waals surface area (Å²) in [4.78, 5) is 11.6. The Morgan fingerprint density at radius 3 is 1.25 bits per heavy atom. The topological polar surface area (TPSA) is 80.7 Å². The lowest BCUT2D eigenvalue weighted by Gasteiger charge is -2.19. The fourth-order valence-corrected chi connectivity index (χ4v) is 4.95. The zero-order valence-electron chi connectivity index (χ0n) is 22.5. The van der Waals surface area contributed by atoms with Crippen molar-refractivity contribution in [2.75, 3.05) is 5.75 Å². The van der Waals surface area contributed by atoms with E-state index in [2.05, 4.69) is 11.7 Å². The maximum atomic E-state index is 12.7. The molecule has 0 aliphatic carbocycles. The number of esters is 1. The molecule has 1 N–H and O–H groups in total. The fraction of sp³-hybridized carbons (Fsp3) is 0.963. The minimum atomic E-state index is -5.04. The smallest absolute Gasteiger partial charge is 0.426 e. The molecule has 0 heterocycles. The predicted molar refractivity (Wildman–Crippen MR) is 140 cm³/mol. The highest BCUT2D eigenvalue weighted by molar-refractivity contribution is 7.85. The summed E-state index contributed by atoms with van der Waals surface area (Å²) in [5, 5.41) is 0. The predicted octanol–water partition coefficient (Wildman–Crippen LogP) is 8.95. The molecule has 1 atom stereocenters. The third-order valence-electron chi connectivity index (χ3n) is 6.49. The minimum Gasteiger partial charge on any atom is -0.451 e. The summed E-state index contributed by atoms with van der Waals surface area (Å²) >= 11 is 0. The summed E-state index contributed by atoms with van der Waals surface area (Å²) in [6.07, 6.45) is 17.6. The summed E-state index contributed by atoms with van der Waals surface area (Å²) in [7, 11) is -4.91. The van der Waals surface area contributed by atoms with Crippen LogP contribution in [0.2, 0.25) is 0 Å². The van der Waals surface area contributed by atoms with Crippen molar-refractivity contribution in [2.24, 2.45) is 0 Å². The van der Waals surface area contributed by atoms with E-state index >= 15 is 0 Å². The van der Waals surface area contributed by atoms with E-state index in [1.165, 1.54) is 103 Å². The first-order valence-corrected chi connectivity index (χ1v) is 15.9. The highest BCUT2D eigenvalue weighted by atomic mass is 32.2. The van der Waals surface area contributed by atoms with Gasteiger partial charge in [-0.05, 0) is 6.42 Å². The summed E-state index contributed by atoms with van der Waals surface area (Å²) in [6, 6.07) is 0.